The monoisotopic (exact) mass is 298 g/mol. The van der Waals surface area contributed by atoms with Crippen LogP contribution in [0.15, 0.2) is 30.7 Å². The Labute approximate surface area is 120 Å². The average Bonchev–Trinajstić information content (AvgIpc) is 2.93. The summed E-state index contributed by atoms with van der Waals surface area (Å²) in [6.45, 7) is 3.25. The summed E-state index contributed by atoms with van der Waals surface area (Å²) < 4.78 is 40.1. The summed E-state index contributed by atoms with van der Waals surface area (Å²) in [4.78, 5) is 7.82. The summed E-state index contributed by atoms with van der Waals surface area (Å²) >= 11 is 0. The Balaban J connectivity index is 1.68. The number of pyridine rings is 1. The van der Waals surface area contributed by atoms with E-state index in [2.05, 4.69) is 9.88 Å². The quantitative estimate of drug-likeness (QED) is 0.851. The molecule has 0 radical (unpaired) electrons. The predicted octanol–water partition coefficient (Wildman–Crippen LogP) is 2.41. The van der Waals surface area contributed by atoms with E-state index in [0.717, 1.165) is 11.3 Å². The smallest absolute Gasteiger partial charge is 0.369 e. The third-order valence-electron chi connectivity index (χ3n) is 4.08. The summed E-state index contributed by atoms with van der Waals surface area (Å²) in [6, 6.07) is 2.55. The molecule has 1 unspecified atom stereocenters. The van der Waals surface area contributed by atoms with Crippen LogP contribution in [0.2, 0.25) is 0 Å². The van der Waals surface area contributed by atoms with E-state index in [1.807, 2.05) is 28.9 Å². The molecule has 3 heterocycles. The molecular weight excluding hydrogens is 281 g/mol. The molecule has 0 spiro atoms. The number of nitrogens with zero attached hydrogens (tertiary/aromatic N) is 4. The molecule has 0 saturated carbocycles. The van der Waals surface area contributed by atoms with Crippen molar-refractivity contribution in [3.05, 3.63) is 30.7 Å². The Kier molecular flexibility index (Phi) is 3.52. The number of fused-ring (bicyclic) bond motifs is 1. The van der Waals surface area contributed by atoms with E-state index in [1.165, 1.54) is 11.8 Å². The lowest BCUT2D eigenvalue weighted by Gasteiger charge is -2.39. The molecule has 0 aromatic carbocycles. The van der Waals surface area contributed by atoms with E-state index in [0.29, 0.717) is 26.2 Å². The summed E-state index contributed by atoms with van der Waals surface area (Å²) in [6.07, 6.45) is 1.35. The molecule has 21 heavy (non-hydrogen) atoms. The molecule has 1 atom stereocenters. The summed E-state index contributed by atoms with van der Waals surface area (Å²) in [7, 11) is 0. The number of imidazole rings is 1. The minimum atomic E-state index is -4.16. The van der Waals surface area contributed by atoms with E-state index in [9.17, 15) is 13.2 Å². The lowest BCUT2D eigenvalue weighted by Crippen LogP contribution is -2.53. The normalized spacial score (nSPS) is 19.1. The Morgan fingerprint density at radius 1 is 1.14 bits per heavy atom. The molecule has 3 rings (SSSR count). The minimum Gasteiger partial charge on any atom is -0.369 e. The van der Waals surface area contributed by atoms with E-state index in [1.54, 1.807) is 6.20 Å². The molecule has 2 aromatic rings. The van der Waals surface area contributed by atoms with Gasteiger partial charge in [0.15, 0.2) is 0 Å². The highest BCUT2D eigenvalue weighted by molar-refractivity contribution is 5.56. The van der Waals surface area contributed by atoms with Gasteiger partial charge in [-0.1, -0.05) is 0 Å². The standard InChI is InChI=1S/C14H17F3N4/c1-11(14(15,16)17)19-6-8-20(9-7-19)12-2-4-21-5-3-18-13(21)10-12/h2-5,10-11H,6-9H2,1H3. The number of hydrogen-bond donors (Lipinski definition) is 0. The number of aromatic nitrogens is 2. The van der Waals surface area contributed by atoms with Crippen LogP contribution in [0.1, 0.15) is 6.92 Å². The Morgan fingerprint density at radius 2 is 1.86 bits per heavy atom. The summed E-state index contributed by atoms with van der Waals surface area (Å²) in [5.74, 6) is 0. The van der Waals surface area contributed by atoms with Gasteiger partial charge in [-0.15, -0.1) is 0 Å². The van der Waals surface area contributed by atoms with Gasteiger partial charge in [-0.05, 0) is 13.0 Å². The molecule has 4 nitrogen and oxygen atoms in total. The van der Waals surface area contributed by atoms with Crippen LogP contribution in [0, 0.1) is 0 Å². The molecule has 7 heteroatoms. The topological polar surface area (TPSA) is 23.8 Å². The van der Waals surface area contributed by atoms with Gasteiger partial charge in [0.05, 0.1) is 0 Å². The first-order valence-electron chi connectivity index (χ1n) is 6.93. The zero-order valence-electron chi connectivity index (χ0n) is 11.7. The van der Waals surface area contributed by atoms with E-state index >= 15 is 0 Å². The highest BCUT2D eigenvalue weighted by Gasteiger charge is 2.40. The zero-order valence-corrected chi connectivity index (χ0v) is 11.7. The fourth-order valence-electron chi connectivity index (χ4n) is 2.67. The number of halogens is 3. The van der Waals surface area contributed by atoms with E-state index < -0.39 is 12.2 Å². The molecule has 0 bridgehead atoms. The van der Waals surface area contributed by atoms with Crippen LogP contribution in [0.3, 0.4) is 0 Å². The largest absolute Gasteiger partial charge is 0.403 e. The van der Waals surface area contributed by atoms with Crippen molar-refractivity contribution in [2.24, 2.45) is 0 Å². The molecule has 2 aromatic heterocycles. The van der Waals surface area contributed by atoms with Crippen molar-refractivity contribution >= 4 is 11.3 Å². The molecule has 1 fully saturated rings. The van der Waals surface area contributed by atoms with Crippen LogP contribution in [-0.4, -0.2) is 52.7 Å². The number of rotatable bonds is 2. The fraction of sp³-hybridized carbons (Fsp3) is 0.500. The van der Waals surface area contributed by atoms with Crippen molar-refractivity contribution in [1.82, 2.24) is 14.3 Å². The molecule has 1 aliphatic rings. The van der Waals surface area contributed by atoms with Crippen LogP contribution >= 0.6 is 0 Å². The van der Waals surface area contributed by atoms with Crippen molar-refractivity contribution in [1.29, 1.82) is 0 Å². The van der Waals surface area contributed by atoms with Gasteiger partial charge < -0.3 is 9.30 Å². The Hall–Kier alpha value is -1.76. The van der Waals surface area contributed by atoms with Crippen molar-refractivity contribution in [2.45, 2.75) is 19.1 Å². The van der Waals surface area contributed by atoms with Gasteiger partial charge in [0.2, 0.25) is 0 Å². The molecule has 0 amide bonds. The highest BCUT2D eigenvalue weighted by atomic mass is 19.4. The maximum Gasteiger partial charge on any atom is 0.403 e. The third kappa shape index (κ3) is 2.83. The average molecular weight is 298 g/mol. The zero-order chi connectivity index (χ0) is 15.0. The van der Waals surface area contributed by atoms with Gasteiger partial charge in [0.25, 0.3) is 0 Å². The van der Waals surface area contributed by atoms with Crippen molar-refractivity contribution < 1.29 is 13.2 Å². The van der Waals surface area contributed by atoms with E-state index in [-0.39, 0.29) is 0 Å². The molecule has 1 saturated heterocycles. The maximum atomic E-state index is 12.7. The van der Waals surface area contributed by atoms with Crippen LogP contribution < -0.4 is 4.90 Å². The van der Waals surface area contributed by atoms with Crippen LogP contribution in [0.5, 0.6) is 0 Å². The number of hydrogen-bond acceptors (Lipinski definition) is 3. The van der Waals surface area contributed by atoms with Gasteiger partial charge in [0.1, 0.15) is 11.7 Å². The van der Waals surface area contributed by atoms with Gasteiger partial charge >= 0.3 is 6.18 Å². The first-order valence-corrected chi connectivity index (χ1v) is 6.93. The summed E-state index contributed by atoms with van der Waals surface area (Å²) in [5.41, 5.74) is 1.85. The van der Waals surface area contributed by atoms with Crippen molar-refractivity contribution in [3.8, 4) is 0 Å². The van der Waals surface area contributed by atoms with Crippen LogP contribution in [0.25, 0.3) is 5.65 Å². The van der Waals surface area contributed by atoms with Gasteiger partial charge in [-0.3, -0.25) is 4.90 Å². The number of anilines is 1. The Bertz CT molecular complexity index is 614. The van der Waals surface area contributed by atoms with Crippen molar-refractivity contribution in [3.63, 3.8) is 0 Å². The first kappa shape index (κ1) is 14.2. The second-order valence-electron chi connectivity index (χ2n) is 5.32. The van der Waals surface area contributed by atoms with Gasteiger partial charge in [-0.25, -0.2) is 4.98 Å². The second kappa shape index (κ2) is 5.22. The minimum absolute atomic E-state index is 0.417. The maximum absolute atomic E-state index is 12.7. The molecule has 114 valence electrons. The second-order valence-corrected chi connectivity index (χ2v) is 5.32. The SMILES string of the molecule is CC(N1CCN(c2ccn3ccnc3c2)CC1)C(F)(F)F. The summed E-state index contributed by atoms with van der Waals surface area (Å²) in [5, 5.41) is 0. The van der Waals surface area contributed by atoms with E-state index in [4.69, 9.17) is 0 Å². The first-order chi connectivity index (χ1) is 9.95. The van der Waals surface area contributed by atoms with Gasteiger partial charge in [0, 0.05) is 56.5 Å². The number of piperazine rings is 1. The molecular formula is C14H17F3N4. The Morgan fingerprint density at radius 3 is 2.52 bits per heavy atom. The van der Waals surface area contributed by atoms with Crippen LogP contribution in [0.4, 0.5) is 18.9 Å². The van der Waals surface area contributed by atoms with Crippen molar-refractivity contribution in [2.75, 3.05) is 31.1 Å². The lowest BCUT2D eigenvalue weighted by molar-refractivity contribution is -0.179. The molecule has 1 aliphatic heterocycles. The predicted molar refractivity (Wildman–Crippen MR) is 74.5 cm³/mol. The third-order valence-corrected chi connectivity index (χ3v) is 4.08. The molecule has 0 N–H and O–H groups in total. The molecule has 0 aliphatic carbocycles. The lowest BCUT2D eigenvalue weighted by atomic mass is 10.2. The highest BCUT2D eigenvalue weighted by Crippen LogP contribution is 2.26. The number of alkyl halides is 3. The van der Waals surface area contributed by atoms with Crippen LogP contribution in [-0.2, 0) is 0 Å². The van der Waals surface area contributed by atoms with Gasteiger partial charge in [-0.2, -0.15) is 13.2 Å². The fourth-order valence-corrected chi connectivity index (χ4v) is 2.67.